The Bertz CT molecular complexity index is 1210. The Hall–Kier alpha value is -3.61. The van der Waals surface area contributed by atoms with Gasteiger partial charge in [-0.2, -0.15) is 5.10 Å². The van der Waals surface area contributed by atoms with E-state index in [2.05, 4.69) is 38.3 Å². The molecule has 2 N–H and O–H groups in total. The fourth-order valence-corrected chi connectivity index (χ4v) is 3.70. The number of unbranched alkanes of at least 4 members (excludes halogenated alkanes) is 1. The van der Waals surface area contributed by atoms with E-state index in [0.717, 1.165) is 46.6 Å². The molecule has 192 valence electrons. The number of nitrogens with one attached hydrogen (secondary N) is 2. The van der Waals surface area contributed by atoms with Gasteiger partial charge in [-0.3, -0.25) is 4.79 Å². The lowest BCUT2D eigenvalue weighted by Gasteiger charge is -2.23. The molecule has 1 heterocycles. The minimum absolute atomic E-state index is 0.0550. The number of hydrogen-bond acceptors (Lipinski definition) is 3. The minimum atomic E-state index is -0.288. The summed E-state index contributed by atoms with van der Waals surface area (Å²) in [6, 6.07) is 15.4. The Morgan fingerprint density at radius 2 is 1.64 bits per heavy atom. The summed E-state index contributed by atoms with van der Waals surface area (Å²) in [7, 11) is 0. The van der Waals surface area contributed by atoms with Crippen molar-refractivity contribution in [2.45, 2.75) is 66.7 Å². The van der Waals surface area contributed by atoms with Gasteiger partial charge in [-0.15, -0.1) is 0 Å². The number of anilines is 2. The molecule has 3 aromatic rings. The molecule has 0 atom stereocenters. The Kier molecular flexibility index (Phi) is 8.56. The van der Waals surface area contributed by atoms with Gasteiger partial charge in [-0.05, 0) is 62.6 Å². The number of hydrogen-bond donors (Lipinski definition) is 2. The second-order valence-corrected chi connectivity index (χ2v) is 10.5. The van der Waals surface area contributed by atoms with Crippen LogP contribution in [0.3, 0.4) is 0 Å². The van der Waals surface area contributed by atoms with Crippen molar-refractivity contribution in [3.63, 3.8) is 0 Å². The third-order valence-corrected chi connectivity index (χ3v) is 6.19. The van der Waals surface area contributed by atoms with Crippen LogP contribution in [0.5, 0.6) is 0 Å². The average Bonchev–Trinajstić information content (AvgIpc) is 3.23. The predicted octanol–water partition coefficient (Wildman–Crippen LogP) is 6.37. The van der Waals surface area contributed by atoms with Crippen LogP contribution in [0.1, 0.15) is 62.9 Å². The van der Waals surface area contributed by atoms with E-state index in [4.69, 9.17) is 5.10 Å². The molecule has 0 fully saturated rings. The molecule has 0 saturated heterocycles. The average molecular weight is 490 g/mol. The third-order valence-electron chi connectivity index (χ3n) is 6.19. The van der Waals surface area contributed by atoms with Crippen molar-refractivity contribution in [3.05, 3.63) is 70.9 Å². The zero-order valence-electron chi connectivity index (χ0n) is 22.6. The molecule has 0 aliphatic carbocycles. The highest BCUT2D eigenvalue weighted by molar-refractivity contribution is 5.96. The van der Waals surface area contributed by atoms with E-state index in [-0.39, 0.29) is 23.9 Å². The highest BCUT2D eigenvalue weighted by Crippen LogP contribution is 2.26. The summed E-state index contributed by atoms with van der Waals surface area (Å²) in [4.78, 5) is 27.8. The van der Waals surface area contributed by atoms with E-state index >= 15 is 0 Å². The monoisotopic (exact) mass is 489 g/mol. The van der Waals surface area contributed by atoms with Gasteiger partial charge < -0.3 is 15.5 Å². The van der Waals surface area contributed by atoms with Gasteiger partial charge in [-0.1, -0.05) is 57.9 Å². The van der Waals surface area contributed by atoms with Crippen molar-refractivity contribution >= 4 is 23.4 Å². The van der Waals surface area contributed by atoms with Crippen LogP contribution in [-0.4, -0.2) is 39.7 Å². The lowest BCUT2D eigenvalue weighted by molar-refractivity contribution is -0.116. The molecule has 3 amide bonds. The van der Waals surface area contributed by atoms with E-state index < -0.39 is 0 Å². The summed E-state index contributed by atoms with van der Waals surface area (Å²) in [6.07, 6.45) is 1.73. The van der Waals surface area contributed by atoms with Crippen molar-refractivity contribution in [3.8, 4) is 5.69 Å². The molecule has 0 unspecified atom stereocenters. The van der Waals surface area contributed by atoms with Crippen LogP contribution in [0.4, 0.5) is 16.3 Å². The van der Waals surface area contributed by atoms with Gasteiger partial charge in [0.25, 0.3) is 0 Å². The van der Waals surface area contributed by atoms with Crippen LogP contribution < -0.4 is 10.6 Å². The number of aromatic nitrogens is 2. The van der Waals surface area contributed by atoms with E-state index in [1.54, 1.807) is 9.58 Å². The largest absolute Gasteiger partial charge is 0.322 e. The first-order chi connectivity index (χ1) is 17.0. The number of rotatable bonds is 8. The number of nitrogens with zero attached hydrogens (tertiary/aromatic N) is 3. The van der Waals surface area contributed by atoms with Gasteiger partial charge in [0.1, 0.15) is 12.4 Å². The van der Waals surface area contributed by atoms with Gasteiger partial charge in [0.2, 0.25) is 5.91 Å². The number of urea groups is 1. The molecule has 3 rings (SSSR count). The number of carbonyl (C=O) groups excluding carboxylic acids is 2. The summed E-state index contributed by atoms with van der Waals surface area (Å²) in [5.74, 6) is 0.314. The lowest BCUT2D eigenvalue weighted by Crippen LogP contribution is -2.41. The van der Waals surface area contributed by atoms with Crippen LogP contribution in [0.15, 0.2) is 48.5 Å². The first-order valence-electron chi connectivity index (χ1n) is 12.6. The zero-order valence-corrected chi connectivity index (χ0v) is 22.6. The summed E-state index contributed by atoms with van der Waals surface area (Å²) in [5, 5.41) is 10.7. The molecule has 1 aromatic heterocycles. The van der Waals surface area contributed by atoms with Gasteiger partial charge in [0.15, 0.2) is 0 Å². The Morgan fingerprint density at radius 1 is 0.944 bits per heavy atom. The summed E-state index contributed by atoms with van der Waals surface area (Å²) >= 11 is 0. The van der Waals surface area contributed by atoms with E-state index in [0.29, 0.717) is 12.4 Å². The summed E-state index contributed by atoms with van der Waals surface area (Å²) in [5.41, 5.74) is 5.68. The van der Waals surface area contributed by atoms with Crippen molar-refractivity contribution in [1.82, 2.24) is 14.7 Å². The smallest absolute Gasteiger partial charge is 0.315 e. The van der Waals surface area contributed by atoms with Gasteiger partial charge in [-0.25, -0.2) is 9.48 Å². The Balaban J connectivity index is 1.80. The molecule has 0 aliphatic rings. The fraction of sp³-hybridized carbons (Fsp3) is 0.414. The van der Waals surface area contributed by atoms with Crippen molar-refractivity contribution in [2.24, 2.45) is 0 Å². The topological polar surface area (TPSA) is 79.3 Å². The quantitative estimate of drug-likeness (QED) is 0.386. The number of amides is 3. The van der Waals surface area contributed by atoms with Gasteiger partial charge in [0.05, 0.1) is 11.4 Å². The number of benzene rings is 2. The molecule has 7 nitrogen and oxygen atoms in total. The molecule has 36 heavy (non-hydrogen) atoms. The summed E-state index contributed by atoms with van der Waals surface area (Å²) < 4.78 is 1.75. The van der Waals surface area contributed by atoms with Crippen LogP contribution in [0.25, 0.3) is 5.69 Å². The first-order valence-corrected chi connectivity index (χ1v) is 12.6. The van der Waals surface area contributed by atoms with E-state index in [1.165, 1.54) is 0 Å². The molecule has 0 saturated carbocycles. The predicted molar refractivity (Wildman–Crippen MR) is 147 cm³/mol. The molecular weight excluding hydrogens is 450 g/mol. The molecule has 0 bridgehead atoms. The van der Waals surface area contributed by atoms with Crippen molar-refractivity contribution < 1.29 is 9.59 Å². The SMILES string of the molecule is CCCCN(CC(=O)Nc1cc(C(C)(C)C)nn1-c1ccc(C)cc1)C(=O)Nc1ccc(C)c(C)c1. The van der Waals surface area contributed by atoms with Crippen LogP contribution in [-0.2, 0) is 10.2 Å². The highest BCUT2D eigenvalue weighted by atomic mass is 16.2. The molecular formula is C29H39N5O2. The van der Waals surface area contributed by atoms with Crippen molar-refractivity contribution in [2.75, 3.05) is 23.7 Å². The summed E-state index contributed by atoms with van der Waals surface area (Å²) in [6.45, 7) is 14.8. The standard InChI is InChI=1S/C29H39N5O2/c1-8-9-16-33(28(36)30-23-13-12-21(3)22(4)17-23)19-27(35)31-26-18-25(29(5,6)7)32-34(26)24-14-10-20(2)11-15-24/h10-15,17-18H,8-9,16,19H2,1-7H3,(H,30,36)(H,31,35). The normalized spacial score (nSPS) is 11.3. The second kappa shape index (κ2) is 11.4. The molecule has 7 heteroatoms. The van der Waals surface area contributed by atoms with Gasteiger partial charge >= 0.3 is 6.03 Å². The zero-order chi connectivity index (χ0) is 26.5. The molecule has 0 spiro atoms. The van der Waals surface area contributed by atoms with Crippen molar-refractivity contribution in [1.29, 1.82) is 0 Å². The molecule has 0 aliphatic heterocycles. The van der Waals surface area contributed by atoms with Gasteiger partial charge in [0, 0.05) is 23.7 Å². The maximum atomic E-state index is 13.2. The maximum Gasteiger partial charge on any atom is 0.322 e. The third kappa shape index (κ3) is 6.97. The highest BCUT2D eigenvalue weighted by Gasteiger charge is 2.23. The van der Waals surface area contributed by atoms with Crippen LogP contribution >= 0.6 is 0 Å². The fourth-order valence-electron chi connectivity index (χ4n) is 3.70. The number of aryl methyl sites for hydroxylation is 3. The first kappa shape index (κ1) is 27.0. The second-order valence-electron chi connectivity index (χ2n) is 10.5. The minimum Gasteiger partial charge on any atom is -0.315 e. The molecule has 2 aromatic carbocycles. The van der Waals surface area contributed by atoms with Crippen LogP contribution in [0, 0.1) is 20.8 Å². The Morgan fingerprint density at radius 3 is 2.25 bits per heavy atom. The van der Waals surface area contributed by atoms with Crippen LogP contribution in [0.2, 0.25) is 0 Å². The van der Waals surface area contributed by atoms with E-state index in [1.807, 2.05) is 69.3 Å². The Labute approximate surface area is 214 Å². The van der Waals surface area contributed by atoms with E-state index in [9.17, 15) is 9.59 Å². The molecule has 0 radical (unpaired) electrons. The lowest BCUT2D eigenvalue weighted by atomic mass is 9.92. The number of carbonyl (C=O) groups is 2. The maximum absolute atomic E-state index is 13.2.